The Morgan fingerprint density at radius 1 is 1.41 bits per heavy atom. The molecule has 5 nitrogen and oxygen atoms in total. The lowest BCUT2D eigenvalue weighted by molar-refractivity contribution is -0.139. The van der Waals surface area contributed by atoms with Crippen LogP contribution in [0.4, 0.5) is 4.39 Å². The molecule has 1 atom stereocenters. The number of hydrogen-bond donors (Lipinski definition) is 1. The molecule has 1 aromatic rings. The number of carbonyl (C=O) groups is 2. The average molecular weight is 438 g/mol. The van der Waals surface area contributed by atoms with Gasteiger partial charge in [0.05, 0.1) is 17.0 Å². The summed E-state index contributed by atoms with van der Waals surface area (Å²) in [5, 5.41) is 0. The van der Waals surface area contributed by atoms with E-state index in [1.165, 1.54) is 12.1 Å². The molecule has 2 aliphatic rings. The van der Waals surface area contributed by atoms with Crippen LogP contribution >= 0.6 is 15.9 Å². The molecule has 1 aliphatic carbocycles. The van der Waals surface area contributed by atoms with Crippen LogP contribution in [0.3, 0.4) is 0 Å². The summed E-state index contributed by atoms with van der Waals surface area (Å²) in [7, 11) is 0. The number of halogens is 2. The minimum absolute atomic E-state index is 0.0328. The van der Waals surface area contributed by atoms with Gasteiger partial charge in [-0.05, 0) is 46.0 Å². The molecule has 3 rings (SSSR count). The van der Waals surface area contributed by atoms with E-state index >= 15 is 0 Å². The van der Waals surface area contributed by atoms with Crippen molar-refractivity contribution in [3.05, 3.63) is 56.8 Å². The minimum atomic E-state index is -0.820. The predicted molar refractivity (Wildman–Crippen MR) is 101 cm³/mol. The van der Waals surface area contributed by atoms with Gasteiger partial charge >= 0.3 is 5.97 Å². The molecule has 0 amide bonds. The number of hydrogen-bond acceptors (Lipinski definition) is 5. The number of benzene rings is 1. The van der Waals surface area contributed by atoms with Crippen LogP contribution in [0.1, 0.15) is 45.1 Å². The first-order valence-corrected chi connectivity index (χ1v) is 9.49. The van der Waals surface area contributed by atoms with Gasteiger partial charge in [-0.2, -0.15) is 0 Å². The SMILES string of the molecule is CCOC(=O)C1=C(N)OC2=C(C(=O)CC(C)(C)C2)[C@@H]1c1ccc(Br)c(F)c1. The van der Waals surface area contributed by atoms with Crippen molar-refractivity contribution in [2.45, 2.75) is 39.5 Å². The molecule has 0 radical (unpaired) electrons. The van der Waals surface area contributed by atoms with Gasteiger partial charge in [0.2, 0.25) is 5.88 Å². The average Bonchev–Trinajstić information content (AvgIpc) is 2.55. The normalized spacial score (nSPS) is 21.7. The van der Waals surface area contributed by atoms with E-state index in [2.05, 4.69) is 15.9 Å². The van der Waals surface area contributed by atoms with Crippen LogP contribution in [0, 0.1) is 11.2 Å². The van der Waals surface area contributed by atoms with Crippen molar-refractivity contribution in [1.29, 1.82) is 0 Å². The van der Waals surface area contributed by atoms with Crippen molar-refractivity contribution in [3.63, 3.8) is 0 Å². The third-order valence-corrected chi connectivity index (χ3v) is 5.37. The summed E-state index contributed by atoms with van der Waals surface area (Å²) in [5.74, 6) is -1.79. The van der Waals surface area contributed by atoms with Crippen molar-refractivity contribution < 1.29 is 23.5 Å². The Hall–Kier alpha value is -2.15. The summed E-state index contributed by atoms with van der Waals surface area (Å²) < 4.78 is 25.3. The highest BCUT2D eigenvalue weighted by molar-refractivity contribution is 9.10. The quantitative estimate of drug-likeness (QED) is 0.720. The Bertz CT molecular complexity index is 888. The van der Waals surface area contributed by atoms with Crippen LogP contribution in [-0.2, 0) is 19.1 Å². The molecule has 1 aliphatic heterocycles. The first-order valence-electron chi connectivity index (χ1n) is 8.70. The Labute approximate surface area is 165 Å². The van der Waals surface area contributed by atoms with Crippen LogP contribution in [0.2, 0.25) is 0 Å². The Kier molecular flexibility index (Phi) is 5.16. The number of ketones is 1. The minimum Gasteiger partial charge on any atom is -0.462 e. The molecule has 0 saturated carbocycles. The Balaban J connectivity index is 2.20. The molecule has 0 fully saturated rings. The van der Waals surface area contributed by atoms with Gasteiger partial charge in [0, 0.05) is 18.4 Å². The zero-order valence-electron chi connectivity index (χ0n) is 15.4. The summed E-state index contributed by atoms with van der Waals surface area (Å²) in [5.41, 5.74) is 6.61. The van der Waals surface area contributed by atoms with Crippen molar-refractivity contribution in [2.24, 2.45) is 11.1 Å². The van der Waals surface area contributed by atoms with Gasteiger partial charge in [0.25, 0.3) is 0 Å². The molecule has 1 heterocycles. The summed E-state index contributed by atoms with van der Waals surface area (Å²) in [6, 6.07) is 4.49. The number of Topliss-reactive ketones (excluding diaryl/α,β-unsaturated/α-hetero) is 1. The van der Waals surface area contributed by atoms with Crippen LogP contribution in [0.25, 0.3) is 0 Å². The fourth-order valence-electron chi connectivity index (χ4n) is 3.62. The van der Waals surface area contributed by atoms with Gasteiger partial charge in [-0.25, -0.2) is 9.18 Å². The summed E-state index contributed by atoms with van der Waals surface area (Å²) >= 11 is 3.12. The largest absolute Gasteiger partial charge is 0.462 e. The molecular formula is C20H21BrFNO4. The lowest BCUT2D eigenvalue weighted by Gasteiger charge is -2.37. The second-order valence-electron chi connectivity index (χ2n) is 7.48. The van der Waals surface area contributed by atoms with Gasteiger partial charge < -0.3 is 15.2 Å². The van der Waals surface area contributed by atoms with Crippen molar-refractivity contribution in [3.8, 4) is 0 Å². The number of allylic oxidation sites excluding steroid dienone is 2. The highest BCUT2D eigenvalue weighted by atomic mass is 79.9. The third kappa shape index (κ3) is 3.65. The summed E-state index contributed by atoms with van der Waals surface area (Å²) in [6.45, 7) is 5.75. The first-order chi connectivity index (χ1) is 12.6. The van der Waals surface area contributed by atoms with E-state index in [1.807, 2.05) is 13.8 Å². The van der Waals surface area contributed by atoms with Crippen LogP contribution in [-0.4, -0.2) is 18.4 Å². The fourth-order valence-corrected chi connectivity index (χ4v) is 3.86. The second-order valence-corrected chi connectivity index (χ2v) is 8.34. The molecule has 0 bridgehead atoms. The summed E-state index contributed by atoms with van der Waals surface area (Å²) in [4.78, 5) is 25.5. The molecule has 0 unspecified atom stereocenters. The molecule has 27 heavy (non-hydrogen) atoms. The molecule has 0 aromatic heterocycles. The smallest absolute Gasteiger partial charge is 0.340 e. The van der Waals surface area contributed by atoms with E-state index in [4.69, 9.17) is 15.2 Å². The van der Waals surface area contributed by atoms with Gasteiger partial charge in [-0.3, -0.25) is 4.79 Å². The lowest BCUT2D eigenvalue weighted by Crippen LogP contribution is -2.35. The van der Waals surface area contributed by atoms with E-state index in [9.17, 15) is 14.0 Å². The Morgan fingerprint density at radius 3 is 2.74 bits per heavy atom. The maximum absolute atomic E-state index is 14.2. The van der Waals surface area contributed by atoms with Gasteiger partial charge in [0.15, 0.2) is 5.78 Å². The Morgan fingerprint density at radius 2 is 2.11 bits per heavy atom. The van der Waals surface area contributed by atoms with Crippen LogP contribution < -0.4 is 5.73 Å². The standard InChI is InChI=1S/C20H21BrFNO4/c1-4-26-19(25)17-15(10-5-6-11(21)12(22)7-10)16-13(24)8-20(2,3)9-14(16)27-18(17)23/h5-7,15H,4,8-9,23H2,1-3H3/t15-/m0/s1. The van der Waals surface area contributed by atoms with E-state index in [1.54, 1.807) is 13.0 Å². The molecule has 2 N–H and O–H groups in total. The molecule has 0 spiro atoms. The van der Waals surface area contributed by atoms with Crippen LogP contribution in [0.15, 0.2) is 45.5 Å². The topological polar surface area (TPSA) is 78.6 Å². The van der Waals surface area contributed by atoms with Crippen molar-refractivity contribution >= 4 is 27.7 Å². The number of ether oxygens (including phenoxy) is 2. The zero-order valence-corrected chi connectivity index (χ0v) is 17.0. The molecule has 1 aromatic carbocycles. The number of esters is 1. The van der Waals surface area contributed by atoms with E-state index in [0.29, 0.717) is 34.2 Å². The third-order valence-electron chi connectivity index (χ3n) is 4.73. The molecule has 144 valence electrons. The molecular weight excluding hydrogens is 417 g/mol. The van der Waals surface area contributed by atoms with E-state index in [-0.39, 0.29) is 29.3 Å². The molecule has 7 heteroatoms. The first kappa shape index (κ1) is 19.6. The van der Waals surface area contributed by atoms with E-state index in [0.717, 1.165) is 0 Å². The second kappa shape index (κ2) is 7.11. The lowest BCUT2D eigenvalue weighted by atomic mass is 9.70. The predicted octanol–water partition coefficient (Wildman–Crippen LogP) is 4.08. The van der Waals surface area contributed by atoms with Gasteiger partial charge in [-0.1, -0.05) is 19.9 Å². The van der Waals surface area contributed by atoms with Crippen LogP contribution in [0.5, 0.6) is 0 Å². The van der Waals surface area contributed by atoms with Gasteiger partial charge in [-0.15, -0.1) is 0 Å². The van der Waals surface area contributed by atoms with Gasteiger partial charge in [0.1, 0.15) is 17.1 Å². The maximum atomic E-state index is 14.2. The van der Waals surface area contributed by atoms with Crippen molar-refractivity contribution in [2.75, 3.05) is 6.61 Å². The summed E-state index contributed by atoms with van der Waals surface area (Å²) in [6.07, 6.45) is 0.807. The van der Waals surface area contributed by atoms with E-state index < -0.39 is 17.7 Å². The number of nitrogens with two attached hydrogens (primary N) is 1. The highest BCUT2D eigenvalue weighted by Crippen LogP contribution is 2.48. The number of rotatable bonds is 3. The zero-order chi connectivity index (χ0) is 19.9. The molecule has 0 saturated heterocycles. The van der Waals surface area contributed by atoms with Crippen molar-refractivity contribution in [1.82, 2.24) is 0 Å². The fraction of sp³-hybridized carbons (Fsp3) is 0.400. The number of carbonyl (C=O) groups excluding carboxylic acids is 2. The highest BCUT2D eigenvalue weighted by Gasteiger charge is 2.45. The monoisotopic (exact) mass is 437 g/mol. The maximum Gasteiger partial charge on any atom is 0.340 e.